The van der Waals surface area contributed by atoms with Crippen LogP contribution in [0.3, 0.4) is 0 Å². The van der Waals surface area contributed by atoms with Gasteiger partial charge in [-0.1, -0.05) is 6.07 Å². The van der Waals surface area contributed by atoms with Gasteiger partial charge in [-0.15, -0.1) is 0 Å². The van der Waals surface area contributed by atoms with Crippen molar-refractivity contribution >= 4 is 0 Å². The van der Waals surface area contributed by atoms with E-state index in [1.165, 1.54) is 6.92 Å². The second-order valence-electron chi connectivity index (χ2n) is 4.29. The molecule has 0 spiro atoms. The fourth-order valence-electron chi connectivity index (χ4n) is 1.76. The number of halogens is 3. The van der Waals surface area contributed by atoms with Crippen LogP contribution in [-0.4, -0.2) is 19.0 Å². The summed E-state index contributed by atoms with van der Waals surface area (Å²) in [7, 11) is 0. The van der Waals surface area contributed by atoms with Gasteiger partial charge < -0.3 is 14.8 Å². The number of benzene rings is 1. The Morgan fingerprint density at radius 1 is 1.28 bits per heavy atom. The minimum atomic E-state index is -4.14. The Hall–Kier alpha value is -1.43. The molecule has 2 rings (SSSR count). The maximum Gasteiger partial charge on any atom is 0.390 e. The lowest BCUT2D eigenvalue weighted by molar-refractivity contribution is -0.139. The number of hydrogen-bond donors (Lipinski definition) is 1. The van der Waals surface area contributed by atoms with E-state index in [0.29, 0.717) is 18.0 Å². The Morgan fingerprint density at radius 3 is 2.72 bits per heavy atom. The van der Waals surface area contributed by atoms with Crippen LogP contribution in [0.1, 0.15) is 18.9 Å². The largest absolute Gasteiger partial charge is 0.454 e. The molecule has 1 aromatic carbocycles. The van der Waals surface area contributed by atoms with Crippen molar-refractivity contribution in [3.8, 4) is 11.5 Å². The topological polar surface area (TPSA) is 30.5 Å². The minimum absolute atomic E-state index is 0.191. The molecule has 3 nitrogen and oxygen atoms in total. The summed E-state index contributed by atoms with van der Waals surface area (Å²) in [6.45, 7) is 2.07. The molecule has 1 aromatic rings. The summed E-state index contributed by atoms with van der Waals surface area (Å²) < 4.78 is 46.8. The molecule has 0 amide bonds. The van der Waals surface area contributed by atoms with Gasteiger partial charge in [0.05, 0.1) is 6.42 Å². The van der Waals surface area contributed by atoms with E-state index < -0.39 is 18.6 Å². The fraction of sp³-hybridized carbons (Fsp3) is 0.500. The monoisotopic (exact) mass is 261 g/mol. The van der Waals surface area contributed by atoms with Crippen LogP contribution in [-0.2, 0) is 6.54 Å². The van der Waals surface area contributed by atoms with Gasteiger partial charge in [0, 0.05) is 12.6 Å². The quantitative estimate of drug-likeness (QED) is 0.904. The summed E-state index contributed by atoms with van der Waals surface area (Å²) in [5, 5.41) is 2.83. The van der Waals surface area contributed by atoms with Crippen LogP contribution in [0.15, 0.2) is 18.2 Å². The van der Waals surface area contributed by atoms with Crippen LogP contribution in [0.2, 0.25) is 0 Å². The van der Waals surface area contributed by atoms with E-state index in [1.54, 1.807) is 18.2 Å². The van der Waals surface area contributed by atoms with Gasteiger partial charge in [-0.2, -0.15) is 13.2 Å². The van der Waals surface area contributed by atoms with Gasteiger partial charge in [-0.3, -0.25) is 0 Å². The summed E-state index contributed by atoms with van der Waals surface area (Å²) in [6, 6.07) is 4.72. The Labute approximate surface area is 103 Å². The van der Waals surface area contributed by atoms with Crippen molar-refractivity contribution in [2.45, 2.75) is 32.1 Å². The number of rotatable bonds is 4. The third kappa shape index (κ3) is 3.53. The molecule has 0 saturated carbocycles. The SMILES string of the molecule is CC(CC(F)(F)F)NCc1ccc2c(c1)OCO2. The molecule has 1 heterocycles. The van der Waals surface area contributed by atoms with Crippen LogP contribution in [0.5, 0.6) is 11.5 Å². The first-order valence-electron chi connectivity index (χ1n) is 5.63. The molecule has 0 bridgehead atoms. The fourth-order valence-corrected chi connectivity index (χ4v) is 1.76. The smallest absolute Gasteiger partial charge is 0.390 e. The van der Waals surface area contributed by atoms with Gasteiger partial charge in [0.25, 0.3) is 0 Å². The van der Waals surface area contributed by atoms with Gasteiger partial charge in [0.1, 0.15) is 0 Å². The summed E-state index contributed by atoms with van der Waals surface area (Å²) in [4.78, 5) is 0. The predicted molar refractivity (Wildman–Crippen MR) is 59.5 cm³/mol. The highest BCUT2D eigenvalue weighted by Gasteiger charge is 2.29. The van der Waals surface area contributed by atoms with E-state index in [0.717, 1.165) is 5.56 Å². The molecule has 18 heavy (non-hydrogen) atoms. The average molecular weight is 261 g/mol. The highest BCUT2D eigenvalue weighted by Crippen LogP contribution is 2.32. The van der Waals surface area contributed by atoms with Crippen LogP contribution in [0, 0.1) is 0 Å². The Balaban J connectivity index is 1.87. The average Bonchev–Trinajstić information content (AvgIpc) is 2.71. The van der Waals surface area contributed by atoms with E-state index in [9.17, 15) is 13.2 Å². The van der Waals surface area contributed by atoms with Crippen LogP contribution in [0.4, 0.5) is 13.2 Å². The maximum absolute atomic E-state index is 12.1. The van der Waals surface area contributed by atoms with Crippen LogP contribution in [0.25, 0.3) is 0 Å². The molecule has 6 heteroatoms. The van der Waals surface area contributed by atoms with Gasteiger partial charge in [-0.25, -0.2) is 0 Å². The predicted octanol–water partition coefficient (Wildman–Crippen LogP) is 2.85. The number of hydrogen-bond acceptors (Lipinski definition) is 3. The summed E-state index contributed by atoms with van der Waals surface area (Å²) in [5.74, 6) is 1.31. The molecule has 1 aliphatic heterocycles. The molecule has 0 saturated heterocycles. The van der Waals surface area contributed by atoms with Crippen molar-refractivity contribution in [2.24, 2.45) is 0 Å². The third-order valence-corrected chi connectivity index (χ3v) is 2.63. The van der Waals surface area contributed by atoms with Crippen LogP contribution < -0.4 is 14.8 Å². The van der Waals surface area contributed by atoms with E-state index in [4.69, 9.17) is 9.47 Å². The van der Waals surface area contributed by atoms with Crippen molar-refractivity contribution in [2.75, 3.05) is 6.79 Å². The molecule has 1 N–H and O–H groups in total. The molecule has 0 radical (unpaired) electrons. The van der Waals surface area contributed by atoms with Crippen LogP contribution >= 0.6 is 0 Å². The minimum Gasteiger partial charge on any atom is -0.454 e. The lowest BCUT2D eigenvalue weighted by Gasteiger charge is -2.15. The second kappa shape index (κ2) is 5.06. The lowest BCUT2D eigenvalue weighted by Crippen LogP contribution is -2.30. The zero-order chi connectivity index (χ0) is 13.2. The van der Waals surface area contributed by atoms with Crippen molar-refractivity contribution in [3.63, 3.8) is 0 Å². The zero-order valence-corrected chi connectivity index (χ0v) is 9.88. The Morgan fingerprint density at radius 2 is 2.00 bits per heavy atom. The van der Waals surface area contributed by atoms with Crippen molar-refractivity contribution in [3.05, 3.63) is 23.8 Å². The first-order chi connectivity index (χ1) is 8.44. The van der Waals surface area contributed by atoms with E-state index in [2.05, 4.69) is 5.32 Å². The molecular weight excluding hydrogens is 247 g/mol. The molecule has 1 atom stereocenters. The summed E-state index contributed by atoms with van der Waals surface area (Å²) >= 11 is 0. The number of ether oxygens (including phenoxy) is 2. The van der Waals surface area contributed by atoms with E-state index in [-0.39, 0.29) is 6.79 Å². The standard InChI is InChI=1S/C12H14F3NO2/c1-8(5-12(13,14)15)16-6-9-2-3-10-11(4-9)18-7-17-10/h2-4,8,16H,5-7H2,1H3. The molecule has 100 valence electrons. The number of nitrogens with one attached hydrogen (secondary N) is 1. The summed E-state index contributed by atoms with van der Waals surface area (Å²) in [5.41, 5.74) is 0.869. The van der Waals surface area contributed by atoms with Gasteiger partial charge in [0.15, 0.2) is 11.5 Å². The molecule has 1 unspecified atom stereocenters. The molecule has 0 fully saturated rings. The molecule has 1 aliphatic rings. The number of fused-ring (bicyclic) bond motifs is 1. The summed E-state index contributed by atoms with van der Waals surface area (Å²) in [6.07, 6.45) is -4.97. The Bertz CT molecular complexity index is 420. The highest BCUT2D eigenvalue weighted by molar-refractivity contribution is 5.44. The van der Waals surface area contributed by atoms with E-state index in [1.807, 2.05) is 0 Å². The second-order valence-corrected chi connectivity index (χ2v) is 4.29. The lowest BCUT2D eigenvalue weighted by atomic mass is 10.1. The molecular formula is C12H14F3NO2. The molecule has 0 aromatic heterocycles. The molecule has 0 aliphatic carbocycles. The van der Waals surface area contributed by atoms with Crippen molar-refractivity contribution < 1.29 is 22.6 Å². The van der Waals surface area contributed by atoms with Gasteiger partial charge in [0.2, 0.25) is 6.79 Å². The normalized spacial score (nSPS) is 15.8. The first-order valence-corrected chi connectivity index (χ1v) is 5.63. The first kappa shape index (κ1) is 13.0. The maximum atomic E-state index is 12.1. The Kier molecular flexibility index (Phi) is 3.65. The van der Waals surface area contributed by atoms with Gasteiger partial charge >= 0.3 is 6.18 Å². The van der Waals surface area contributed by atoms with E-state index >= 15 is 0 Å². The van der Waals surface area contributed by atoms with Crippen molar-refractivity contribution in [1.82, 2.24) is 5.32 Å². The third-order valence-electron chi connectivity index (χ3n) is 2.63. The zero-order valence-electron chi connectivity index (χ0n) is 9.88. The van der Waals surface area contributed by atoms with Crippen molar-refractivity contribution in [1.29, 1.82) is 0 Å². The number of alkyl halides is 3. The highest BCUT2D eigenvalue weighted by atomic mass is 19.4. The van der Waals surface area contributed by atoms with Gasteiger partial charge in [-0.05, 0) is 24.6 Å².